The lowest BCUT2D eigenvalue weighted by atomic mass is 10.0. The molecule has 0 fully saturated rings. The number of methoxy groups -OCH3 is 1. The highest BCUT2D eigenvalue weighted by Crippen LogP contribution is 2.39. The average Bonchev–Trinajstić information content (AvgIpc) is 2.72. The lowest BCUT2D eigenvalue weighted by Gasteiger charge is -2.40. The number of anilines is 2. The maximum atomic E-state index is 12.7. The molecule has 1 aliphatic rings. The minimum absolute atomic E-state index is 0.119. The highest BCUT2D eigenvalue weighted by atomic mass is 32.2. The van der Waals surface area contributed by atoms with E-state index < -0.39 is 15.9 Å². The topological polar surface area (TPSA) is 93.2 Å². The number of carbonyl (C=O) groups excluding carboxylic acids is 2. The molecule has 2 amide bonds. The normalized spacial score (nSPS) is 16.1. The summed E-state index contributed by atoms with van der Waals surface area (Å²) in [6.07, 6.45) is 0.642. The van der Waals surface area contributed by atoms with Gasteiger partial charge in [0, 0.05) is 26.8 Å². The number of benzene rings is 2. The Morgan fingerprint density at radius 2 is 1.68 bits per heavy atom. The Bertz CT molecular complexity index is 1080. The fourth-order valence-corrected chi connectivity index (χ4v) is 4.27. The summed E-state index contributed by atoms with van der Waals surface area (Å²) in [6, 6.07) is 11.7. The molecule has 31 heavy (non-hydrogen) atoms. The van der Waals surface area contributed by atoms with Gasteiger partial charge in [-0.3, -0.25) is 9.69 Å². The van der Waals surface area contributed by atoms with Crippen LogP contribution < -0.4 is 9.80 Å². The van der Waals surface area contributed by atoms with Crippen molar-refractivity contribution in [3.63, 3.8) is 0 Å². The van der Waals surface area contributed by atoms with Crippen molar-refractivity contribution < 1.29 is 27.5 Å². The van der Waals surface area contributed by atoms with Crippen LogP contribution in [0.15, 0.2) is 47.4 Å². The van der Waals surface area contributed by atoms with E-state index in [2.05, 4.69) is 0 Å². The zero-order valence-electron chi connectivity index (χ0n) is 18.0. The van der Waals surface area contributed by atoms with Gasteiger partial charge < -0.3 is 14.4 Å². The molecule has 9 heteroatoms. The Labute approximate surface area is 182 Å². The van der Waals surface area contributed by atoms with Crippen LogP contribution in [0.3, 0.4) is 0 Å². The van der Waals surface area contributed by atoms with E-state index in [1.165, 1.54) is 18.9 Å². The van der Waals surface area contributed by atoms with Gasteiger partial charge in [-0.25, -0.2) is 13.2 Å². The third-order valence-corrected chi connectivity index (χ3v) is 6.23. The van der Waals surface area contributed by atoms with Gasteiger partial charge in [0.05, 0.1) is 28.9 Å². The number of hydrogen-bond donors (Lipinski definition) is 0. The molecular weight excluding hydrogens is 420 g/mol. The fourth-order valence-electron chi connectivity index (χ4n) is 3.64. The van der Waals surface area contributed by atoms with Crippen LogP contribution in [-0.2, 0) is 24.1 Å². The summed E-state index contributed by atoms with van der Waals surface area (Å²) < 4.78 is 33.7. The van der Waals surface area contributed by atoms with Crippen LogP contribution in [0.2, 0.25) is 0 Å². The average molecular weight is 447 g/mol. The predicted molar refractivity (Wildman–Crippen MR) is 118 cm³/mol. The molecule has 0 spiro atoms. The molecule has 1 heterocycles. The number of ether oxygens (including phenoxy) is 2. The lowest BCUT2D eigenvalue weighted by molar-refractivity contribution is -0.117. The van der Waals surface area contributed by atoms with Crippen molar-refractivity contribution in [2.24, 2.45) is 0 Å². The molecule has 0 aromatic heterocycles. The predicted octanol–water partition coefficient (Wildman–Crippen LogP) is 3.10. The molecule has 2 aromatic carbocycles. The van der Waals surface area contributed by atoms with Crippen molar-refractivity contribution in [3.8, 4) is 11.1 Å². The quantitative estimate of drug-likeness (QED) is 0.655. The van der Waals surface area contributed by atoms with Crippen LogP contribution >= 0.6 is 0 Å². The van der Waals surface area contributed by atoms with Gasteiger partial charge in [-0.2, -0.15) is 0 Å². The summed E-state index contributed by atoms with van der Waals surface area (Å²) in [4.78, 5) is 28.4. The molecule has 8 nitrogen and oxygen atoms in total. The van der Waals surface area contributed by atoms with E-state index in [-0.39, 0.29) is 36.6 Å². The maximum absolute atomic E-state index is 12.7. The first-order valence-electron chi connectivity index (χ1n) is 9.81. The molecule has 0 bridgehead atoms. The van der Waals surface area contributed by atoms with Crippen molar-refractivity contribution in [1.82, 2.24) is 0 Å². The lowest BCUT2D eigenvalue weighted by Crippen LogP contribution is -2.51. The van der Waals surface area contributed by atoms with Gasteiger partial charge in [0.15, 0.2) is 9.84 Å². The van der Waals surface area contributed by atoms with E-state index in [1.54, 1.807) is 35.2 Å². The van der Waals surface area contributed by atoms with Crippen LogP contribution in [-0.4, -0.2) is 59.6 Å². The maximum Gasteiger partial charge on any atom is 0.414 e. The molecule has 1 aliphatic heterocycles. The highest BCUT2D eigenvalue weighted by Gasteiger charge is 2.34. The minimum Gasteiger partial charge on any atom is -0.447 e. The second-order valence-electron chi connectivity index (χ2n) is 7.46. The number of nitrogens with zero attached hydrogens (tertiary/aromatic N) is 2. The number of fused-ring (bicyclic) bond motifs is 1. The molecule has 3 rings (SSSR count). The summed E-state index contributed by atoms with van der Waals surface area (Å²) in [5.74, 6) is -0.119. The van der Waals surface area contributed by atoms with E-state index in [4.69, 9.17) is 9.47 Å². The second-order valence-corrected chi connectivity index (χ2v) is 9.47. The molecule has 0 aliphatic carbocycles. The van der Waals surface area contributed by atoms with Gasteiger partial charge in [-0.15, -0.1) is 0 Å². The molecular formula is C22H26N2O6S. The van der Waals surface area contributed by atoms with Gasteiger partial charge >= 0.3 is 6.09 Å². The van der Waals surface area contributed by atoms with E-state index >= 15 is 0 Å². The molecule has 2 aromatic rings. The first kappa shape index (κ1) is 22.8. The molecule has 1 atom stereocenters. The van der Waals surface area contributed by atoms with E-state index in [9.17, 15) is 18.0 Å². The summed E-state index contributed by atoms with van der Waals surface area (Å²) in [5.41, 5.74) is 2.74. The Morgan fingerprint density at radius 1 is 1.03 bits per heavy atom. The fraction of sp³-hybridized carbons (Fsp3) is 0.364. The smallest absolute Gasteiger partial charge is 0.414 e. The second kappa shape index (κ2) is 9.07. The largest absolute Gasteiger partial charge is 0.447 e. The van der Waals surface area contributed by atoms with Crippen molar-refractivity contribution >= 4 is 33.2 Å². The molecule has 0 saturated carbocycles. The van der Waals surface area contributed by atoms with E-state index in [0.29, 0.717) is 11.4 Å². The van der Waals surface area contributed by atoms with Gasteiger partial charge in [-0.1, -0.05) is 18.2 Å². The number of amides is 2. The van der Waals surface area contributed by atoms with Crippen LogP contribution in [0, 0.1) is 0 Å². The van der Waals surface area contributed by atoms with Crippen molar-refractivity contribution in [3.05, 3.63) is 42.5 Å². The number of rotatable bonds is 5. The molecule has 0 saturated heterocycles. The minimum atomic E-state index is -3.29. The third kappa shape index (κ3) is 4.88. The summed E-state index contributed by atoms with van der Waals surface area (Å²) in [7, 11) is -1.77. The first-order valence-corrected chi connectivity index (χ1v) is 11.7. The van der Waals surface area contributed by atoms with Gasteiger partial charge in [0.1, 0.15) is 6.61 Å². The van der Waals surface area contributed by atoms with Gasteiger partial charge in [0.25, 0.3) is 0 Å². The van der Waals surface area contributed by atoms with Crippen molar-refractivity contribution in [2.45, 2.75) is 24.8 Å². The standard InChI is InChI=1S/C22H26N2O6S/c1-15-14-23(22(26)30-12-11-29-3)21-13-18(7-10-20(21)24(15)16(2)25)17-5-8-19(9-6-17)31(4,27)28/h5-10,13,15H,11-12,14H2,1-4H3. The Balaban J connectivity index is 2.02. The number of carbonyl (C=O) groups is 2. The van der Waals surface area contributed by atoms with Crippen LogP contribution in [0.4, 0.5) is 16.2 Å². The van der Waals surface area contributed by atoms with E-state index in [0.717, 1.165) is 17.4 Å². The summed E-state index contributed by atoms with van der Waals surface area (Å²) in [6.45, 7) is 4.06. The summed E-state index contributed by atoms with van der Waals surface area (Å²) in [5, 5.41) is 0. The zero-order chi connectivity index (χ0) is 22.8. The molecule has 0 radical (unpaired) electrons. The Hall–Kier alpha value is -2.91. The van der Waals surface area contributed by atoms with E-state index in [1.807, 2.05) is 19.1 Å². The number of hydrogen-bond acceptors (Lipinski definition) is 6. The zero-order valence-corrected chi connectivity index (χ0v) is 18.8. The molecule has 0 N–H and O–H groups in total. The van der Waals surface area contributed by atoms with Crippen LogP contribution in [0.25, 0.3) is 11.1 Å². The Morgan fingerprint density at radius 3 is 2.26 bits per heavy atom. The first-order chi connectivity index (χ1) is 14.6. The monoisotopic (exact) mass is 446 g/mol. The van der Waals surface area contributed by atoms with Crippen LogP contribution in [0.1, 0.15) is 13.8 Å². The molecule has 166 valence electrons. The van der Waals surface area contributed by atoms with Gasteiger partial charge in [0.2, 0.25) is 5.91 Å². The SMILES string of the molecule is COCCOC(=O)N1CC(C)N(C(C)=O)c2ccc(-c3ccc(S(C)(=O)=O)cc3)cc21. The number of sulfone groups is 1. The Kier molecular flexibility index (Phi) is 6.66. The van der Waals surface area contributed by atoms with Crippen LogP contribution in [0.5, 0.6) is 0 Å². The third-order valence-electron chi connectivity index (χ3n) is 5.10. The molecule has 1 unspecified atom stereocenters. The van der Waals surface area contributed by atoms with Crippen molar-refractivity contribution in [2.75, 3.05) is 42.9 Å². The summed E-state index contributed by atoms with van der Waals surface area (Å²) >= 11 is 0. The van der Waals surface area contributed by atoms with Crippen molar-refractivity contribution in [1.29, 1.82) is 0 Å². The van der Waals surface area contributed by atoms with Gasteiger partial charge in [-0.05, 0) is 42.3 Å². The highest BCUT2D eigenvalue weighted by molar-refractivity contribution is 7.90.